The van der Waals surface area contributed by atoms with Gasteiger partial charge in [0.15, 0.2) is 5.82 Å². The Bertz CT molecular complexity index is 773. The second-order valence-electron chi connectivity index (χ2n) is 5.54. The van der Waals surface area contributed by atoms with Crippen LogP contribution in [0.4, 0.5) is 0 Å². The summed E-state index contributed by atoms with van der Waals surface area (Å²) < 4.78 is 10.9. The van der Waals surface area contributed by atoms with Gasteiger partial charge in [0.2, 0.25) is 11.8 Å². The van der Waals surface area contributed by atoms with Crippen LogP contribution in [0, 0.1) is 0 Å². The minimum atomic E-state index is 0. The number of piperazine rings is 1. The molecule has 0 aliphatic carbocycles. The molecule has 3 aromatic heterocycles. The molecule has 1 saturated heterocycles. The van der Waals surface area contributed by atoms with Gasteiger partial charge in [-0.15, -0.1) is 23.7 Å². The highest BCUT2D eigenvalue weighted by atomic mass is 35.5. The van der Waals surface area contributed by atoms with E-state index in [-0.39, 0.29) is 18.4 Å². The van der Waals surface area contributed by atoms with Crippen molar-refractivity contribution >= 4 is 23.7 Å². The van der Waals surface area contributed by atoms with Gasteiger partial charge in [0.1, 0.15) is 6.26 Å². The van der Waals surface area contributed by atoms with Crippen molar-refractivity contribution < 1.29 is 8.94 Å². The predicted octanol–water partition coefficient (Wildman–Crippen LogP) is 2.37. The minimum absolute atomic E-state index is 0. The van der Waals surface area contributed by atoms with E-state index in [9.17, 15) is 0 Å². The zero-order valence-corrected chi connectivity index (χ0v) is 14.8. The van der Waals surface area contributed by atoms with E-state index < -0.39 is 0 Å². The summed E-state index contributed by atoms with van der Waals surface area (Å²) in [5.41, 5.74) is 0.790. The smallest absolute Gasteiger partial charge is 0.236 e. The second-order valence-corrected chi connectivity index (χ2v) is 6.49. The van der Waals surface area contributed by atoms with E-state index in [0.717, 1.165) is 36.0 Å². The second kappa shape index (κ2) is 7.43. The monoisotopic (exact) mass is 367 g/mol. The van der Waals surface area contributed by atoms with Crippen LogP contribution in [0.3, 0.4) is 0 Å². The summed E-state index contributed by atoms with van der Waals surface area (Å²) in [6, 6.07) is 4.11. The molecule has 7 nitrogen and oxygen atoms in total. The first kappa shape index (κ1) is 17.1. The fourth-order valence-electron chi connectivity index (χ4n) is 2.63. The maximum atomic E-state index is 5.51. The maximum absolute atomic E-state index is 5.51. The molecule has 0 aromatic carbocycles. The molecule has 1 aliphatic heterocycles. The Morgan fingerprint density at radius 1 is 1.42 bits per heavy atom. The van der Waals surface area contributed by atoms with Crippen molar-refractivity contribution in [2.75, 3.05) is 26.7 Å². The number of rotatable bonds is 4. The minimum Gasteiger partial charge on any atom is -0.444 e. The molecule has 9 heteroatoms. The van der Waals surface area contributed by atoms with Crippen molar-refractivity contribution in [3.63, 3.8) is 0 Å². The van der Waals surface area contributed by atoms with Gasteiger partial charge in [0.05, 0.1) is 23.0 Å². The lowest BCUT2D eigenvalue weighted by atomic mass is 10.2. The molecular weight excluding hydrogens is 350 g/mol. The molecule has 0 bridgehead atoms. The van der Waals surface area contributed by atoms with E-state index in [4.69, 9.17) is 8.94 Å². The Kier molecular flexibility index (Phi) is 5.30. The van der Waals surface area contributed by atoms with Crippen LogP contribution in [-0.4, -0.2) is 46.7 Å². The number of halogens is 1. The van der Waals surface area contributed by atoms with Crippen molar-refractivity contribution in [1.82, 2.24) is 25.3 Å². The van der Waals surface area contributed by atoms with Crippen LogP contribution in [0.2, 0.25) is 0 Å². The summed E-state index contributed by atoms with van der Waals surface area (Å²) in [6.07, 6.45) is 2.12. The van der Waals surface area contributed by atoms with Crippen LogP contribution in [0.15, 0.2) is 32.7 Å². The van der Waals surface area contributed by atoms with Gasteiger partial charge < -0.3 is 14.3 Å². The Labute approximate surface area is 149 Å². The third-order valence-electron chi connectivity index (χ3n) is 3.91. The lowest BCUT2D eigenvalue weighted by Crippen LogP contribution is -2.44. The SMILES string of the molecule is CN1CCNCC1c1noc(Cc2coc(-c3cccs3)n2)n1.Cl. The van der Waals surface area contributed by atoms with Gasteiger partial charge >= 0.3 is 0 Å². The average molecular weight is 368 g/mol. The third kappa shape index (κ3) is 3.51. The van der Waals surface area contributed by atoms with Gasteiger partial charge in [-0.2, -0.15) is 4.98 Å². The van der Waals surface area contributed by atoms with Crippen molar-refractivity contribution in [3.8, 4) is 10.8 Å². The van der Waals surface area contributed by atoms with Gasteiger partial charge in [-0.05, 0) is 18.5 Å². The van der Waals surface area contributed by atoms with E-state index in [1.807, 2.05) is 17.5 Å². The number of nitrogens with zero attached hydrogens (tertiary/aromatic N) is 4. The Morgan fingerprint density at radius 3 is 3.12 bits per heavy atom. The highest BCUT2D eigenvalue weighted by molar-refractivity contribution is 7.13. The summed E-state index contributed by atoms with van der Waals surface area (Å²) >= 11 is 1.60. The lowest BCUT2D eigenvalue weighted by molar-refractivity contribution is 0.190. The number of aromatic nitrogens is 3. The molecule has 128 valence electrons. The molecule has 1 aliphatic rings. The molecule has 1 unspecified atom stereocenters. The fourth-order valence-corrected chi connectivity index (χ4v) is 3.28. The van der Waals surface area contributed by atoms with Crippen molar-refractivity contribution in [2.45, 2.75) is 12.5 Å². The van der Waals surface area contributed by atoms with Crippen LogP contribution >= 0.6 is 23.7 Å². The van der Waals surface area contributed by atoms with Gasteiger partial charge in [-0.3, -0.25) is 4.90 Å². The molecule has 4 heterocycles. The molecule has 0 amide bonds. The zero-order chi connectivity index (χ0) is 15.6. The van der Waals surface area contributed by atoms with Crippen LogP contribution in [0.5, 0.6) is 0 Å². The first-order valence-electron chi connectivity index (χ1n) is 7.51. The number of hydrogen-bond donors (Lipinski definition) is 1. The van der Waals surface area contributed by atoms with Gasteiger partial charge in [0.25, 0.3) is 0 Å². The molecule has 0 saturated carbocycles. The largest absolute Gasteiger partial charge is 0.444 e. The topological polar surface area (TPSA) is 80.2 Å². The Balaban J connectivity index is 0.00000169. The molecule has 1 fully saturated rings. The fraction of sp³-hybridized carbons (Fsp3) is 0.400. The van der Waals surface area contributed by atoms with E-state index >= 15 is 0 Å². The number of oxazole rings is 1. The third-order valence-corrected chi connectivity index (χ3v) is 4.77. The van der Waals surface area contributed by atoms with Crippen molar-refractivity contribution in [2.24, 2.45) is 0 Å². The Morgan fingerprint density at radius 2 is 2.33 bits per heavy atom. The average Bonchev–Trinajstić information content (AvgIpc) is 3.29. The van der Waals surface area contributed by atoms with Gasteiger partial charge in [0, 0.05) is 19.6 Å². The van der Waals surface area contributed by atoms with Crippen LogP contribution < -0.4 is 5.32 Å². The quantitative estimate of drug-likeness (QED) is 0.758. The number of likely N-dealkylation sites (N-methyl/N-ethyl adjacent to an activating group) is 1. The molecule has 1 atom stereocenters. The molecule has 0 spiro atoms. The van der Waals surface area contributed by atoms with E-state index in [2.05, 4.69) is 32.4 Å². The van der Waals surface area contributed by atoms with Crippen LogP contribution in [0.1, 0.15) is 23.5 Å². The van der Waals surface area contributed by atoms with Crippen LogP contribution in [-0.2, 0) is 6.42 Å². The zero-order valence-electron chi connectivity index (χ0n) is 13.1. The highest BCUT2D eigenvalue weighted by Crippen LogP contribution is 2.24. The number of hydrogen-bond acceptors (Lipinski definition) is 8. The predicted molar refractivity (Wildman–Crippen MR) is 92.4 cm³/mol. The molecule has 3 aromatic rings. The van der Waals surface area contributed by atoms with Crippen molar-refractivity contribution in [3.05, 3.63) is 41.2 Å². The molecule has 24 heavy (non-hydrogen) atoms. The molecule has 0 radical (unpaired) electrons. The summed E-state index contributed by atoms with van der Waals surface area (Å²) in [5.74, 6) is 1.91. The first-order valence-corrected chi connectivity index (χ1v) is 8.39. The number of thiophene rings is 1. The Hall–Kier alpha value is -1.74. The maximum Gasteiger partial charge on any atom is 0.236 e. The summed E-state index contributed by atoms with van der Waals surface area (Å²) in [4.78, 5) is 12.2. The molecular formula is C15H18ClN5O2S. The first-order chi connectivity index (χ1) is 11.3. The lowest BCUT2D eigenvalue weighted by Gasteiger charge is -2.30. The molecule has 1 N–H and O–H groups in total. The van der Waals surface area contributed by atoms with Crippen molar-refractivity contribution in [1.29, 1.82) is 0 Å². The summed E-state index contributed by atoms with van der Waals surface area (Å²) in [5, 5.41) is 9.47. The van der Waals surface area contributed by atoms with E-state index in [0.29, 0.717) is 18.2 Å². The van der Waals surface area contributed by atoms with E-state index in [1.54, 1.807) is 17.6 Å². The summed E-state index contributed by atoms with van der Waals surface area (Å²) in [7, 11) is 2.08. The summed E-state index contributed by atoms with van der Waals surface area (Å²) in [6.45, 7) is 2.80. The van der Waals surface area contributed by atoms with Gasteiger partial charge in [-0.1, -0.05) is 11.2 Å². The number of nitrogens with one attached hydrogen (secondary N) is 1. The van der Waals surface area contributed by atoms with E-state index in [1.165, 1.54) is 0 Å². The standard InChI is InChI=1S/C15H17N5O2S.ClH/c1-20-5-4-16-8-11(20)14-18-13(22-19-14)7-10-9-21-15(17-10)12-3-2-6-23-12;/h2-3,6,9,11,16H,4-5,7-8H2,1H3;1H. The highest BCUT2D eigenvalue weighted by Gasteiger charge is 2.25. The van der Waals surface area contributed by atoms with Crippen LogP contribution in [0.25, 0.3) is 10.8 Å². The van der Waals surface area contributed by atoms with Gasteiger partial charge in [-0.25, -0.2) is 4.98 Å². The molecule has 4 rings (SSSR count). The normalized spacial score (nSPS) is 18.5.